The molecule has 0 aromatic carbocycles. The van der Waals surface area contributed by atoms with Crippen LogP contribution in [0.5, 0.6) is 0 Å². The third-order valence-electron chi connectivity index (χ3n) is 5.33. The lowest BCUT2D eigenvalue weighted by Crippen LogP contribution is -2.38. The second-order valence-electron chi connectivity index (χ2n) is 6.57. The zero-order chi connectivity index (χ0) is 13.8. The van der Waals surface area contributed by atoms with Crippen molar-refractivity contribution in [3.8, 4) is 0 Å². The maximum atomic E-state index is 12.3. The fourth-order valence-electron chi connectivity index (χ4n) is 3.49. The van der Waals surface area contributed by atoms with Gasteiger partial charge in [-0.25, -0.2) is 0 Å². The Kier molecular flexibility index (Phi) is 5.26. The van der Waals surface area contributed by atoms with Crippen molar-refractivity contribution in [1.82, 2.24) is 9.80 Å². The van der Waals surface area contributed by atoms with Crippen LogP contribution in [0.25, 0.3) is 0 Å². The Morgan fingerprint density at radius 1 is 1.21 bits per heavy atom. The molecule has 0 aliphatic carbocycles. The molecule has 0 N–H and O–H groups in total. The molecule has 2 saturated heterocycles. The first kappa shape index (κ1) is 14.8. The van der Waals surface area contributed by atoms with E-state index in [-0.39, 0.29) is 0 Å². The molecule has 2 aliphatic heterocycles. The number of hydrogen-bond donors (Lipinski definition) is 0. The highest BCUT2D eigenvalue weighted by Crippen LogP contribution is 2.26. The predicted molar refractivity (Wildman–Crippen MR) is 79.0 cm³/mol. The van der Waals surface area contributed by atoms with E-state index in [2.05, 4.69) is 30.6 Å². The van der Waals surface area contributed by atoms with Crippen molar-refractivity contribution in [3.63, 3.8) is 0 Å². The highest BCUT2D eigenvalue weighted by Gasteiger charge is 2.31. The van der Waals surface area contributed by atoms with Gasteiger partial charge in [0.1, 0.15) is 0 Å². The Bertz CT molecular complexity index is 305. The molecule has 3 unspecified atom stereocenters. The van der Waals surface area contributed by atoms with E-state index in [0.717, 1.165) is 43.9 Å². The van der Waals surface area contributed by atoms with Crippen molar-refractivity contribution in [2.45, 2.75) is 46.5 Å². The summed E-state index contributed by atoms with van der Waals surface area (Å²) >= 11 is 0. The Hall–Kier alpha value is -0.570. The SMILES string of the molecule is CCC1CCN(CC(=O)N2CCC(C(C)CC)C2)C1. The maximum absolute atomic E-state index is 12.3. The molecule has 0 aromatic heterocycles. The molecule has 3 heteroatoms. The molecule has 2 rings (SSSR count). The average Bonchev–Trinajstić information content (AvgIpc) is 3.06. The van der Waals surface area contributed by atoms with Crippen molar-refractivity contribution >= 4 is 5.91 Å². The number of amides is 1. The summed E-state index contributed by atoms with van der Waals surface area (Å²) in [6.45, 7) is 11.7. The summed E-state index contributed by atoms with van der Waals surface area (Å²) in [6.07, 6.45) is 4.97. The van der Waals surface area contributed by atoms with Gasteiger partial charge in [0.25, 0.3) is 0 Å². The van der Waals surface area contributed by atoms with E-state index < -0.39 is 0 Å². The highest BCUT2D eigenvalue weighted by molar-refractivity contribution is 5.78. The smallest absolute Gasteiger partial charge is 0.236 e. The van der Waals surface area contributed by atoms with E-state index in [9.17, 15) is 4.79 Å². The van der Waals surface area contributed by atoms with Gasteiger partial charge in [0, 0.05) is 19.6 Å². The molecule has 0 saturated carbocycles. The number of carbonyl (C=O) groups is 1. The average molecular weight is 266 g/mol. The van der Waals surface area contributed by atoms with Crippen molar-refractivity contribution in [1.29, 1.82) is 0 Å². The molecule has 110 valence electrons. The lowest BCUT2D eigenvalue weighted by Gasteiger charge is -2.22. The van der Waals surface area contributed by atoms with Gasteiger partial charge in [0.05, 0.1) is 6.54 Å². The van der Waals surface area contributed by atoms with Crippen molar-refractivity contribution in [2.24, 2.45) is 17.8 Å². The normalized spacial score (nSPS) is 29.9. The van der Waals surface area contributed by atoms with E-state index in [1.807, 2.05) is 0 Å². The minimum atomic E-state index is 0.363. The van der Waals surface area contributed by atoms with Crippen molar-refractivity contribution < 1.29 is 4.79 Å². The molecule has 2 heterocycles. The van der Waals surface area contributed by atoms with E-state index in [1.165, 1.54) is 25.7 Å². The molecule has 0 spiro atoms. The van der Waals surface area contributed by atoms with E-state index in [4.69, 9.17) is 0 Å². The fraction of sp³-hybridized carbons (Fsp3) is 0.938. The molecular weight excluding hydrogens is 236 g/mol. The van der Waals surface area contributed by atoms with E-state index in [1.54, 1.807) is 0 Å². The van der Waals surface area contributed by atoms with Gasteiger partial charge in [0.15, 0.2) is 0 Å². The molecule has 0 bridgehead atoms. The minimum Gasteiger partial charge on any atom is -0.341 e. The Balaban J connectivity index is 1.75. The lowest BCUT2D eigenvalue weighted by atomic mass is 9.91. The van der Waals surface area contributed by atoms with Crippen LogP contribution < -0.4 is 0 Å². The van der Waals surface area contributed by atoms with Crippen molar-refractivity contribution in [2.75, 3.05) is 32.7 Å². The monoisotopic (exact) mass is 266 g/mol. The Labute approximate surface area is 118 Å². The topological polar surface area (TPSA) is 23.6 Å². The molecule has 3 atom stereocenters. The number of hydrogen-bond acceptors (Lipinski definition) is 2. The summed E-state index contributed by atoms with van der Waals surface area (Å²) in [6, 6.07) is 0. The maximum Gasteiger partial charge on any atom is 0.236 e. The third kappa shape index (κ3) is 3.71. The standard InChI is InChI=1S/C16H30N2O/c1-4-13(3)15-7-9-18(11-15)16(19)12-17-8-6-14(5-2)10-17/h13-15H,4-12H2,1-3H3. The summed E-state index contributed by atoms with van der Waals surface area (Å²) in [5.74, 6) is 2.67. The summed E-state index contributed by atoms with van der Waals surface area (Å²) in [4.78, 5) is 16.8. The first-order valence-electron chi connectivity index (χ1n) is 8.14. The number of nitrogens with zero attached hydrogens (tertiary/aromatic N) is 2. The molecule has 2 fully saturated rings. The van der Waals surface area contributed by atoms with Crippen LogP contribution in [0.3, 0.4) is 0 Å². The zero-order valence-corrected chi connectivity index (χ0v) is 12.9. The second-order valence-corrected chi connectivity index (χ2v) is 6.57. The van der Waals surface area contributed by atoms with Gasteiger partial charge in [-0.05, 0) is 37.1 Å². The first-order valence-corrected chi connectivity index (χ1v) is 8.14. The second kappa shape index (κ2) is 6.74. The van der Waals surface area contributed by atoms with E-state index in [0.29, 0.717) is 12.5 Å². The lowest BCUT2D eigenvalue weighted by molar-refractivity contribution is -0.131. The van der Waals surface area contributed by atoms with Gasteiger partial charge in [-0.1, -0.05) is 33.6 Å². The highest BCUT2D eigenvalue weighted by atomic mass is 16.2. The van der Waals surface area contributed by atoms with Gasteiger partial charge < -0.3 is 4.90 Å². The van der Waals surface area contributed by atoms with Crippen LogP contribution in [0.15, 0.2) is 0 Å². The van der Waals surface area contributed by atoms with Crippen LogP contribution in [-0.2, 0) is 4.79 Å². The number of likely N-dealkylation sites (tertiary alicyclic amines) is 2. The molecule has 3 nitrogen and oxygen atoms in total. The molecule has 1 amide bonds. The van der Waals surface area contributed by atoms with Gasteiger partial charge in [-0.15, -0.1) is 0 Å². The van der Waals surface area contributed by atoms with Crippen molar-refractivity contribution in [3.05, 3.63) is 0 Å². The quantitative estimate of drug-likeness (QED) is 0.763. The summed E-state index contributed by atoms with van der Waals surface area (Å²) in [5, 5.41) is 0. The third-order valence-corrected chi connectivity index (χ3v) is 5.33. The zero-order valence-electron chi connectivity index (χ0n) is 12.9. The summed E-state index contributed by atoms with van der Waals surface area (Å²) < 4.78 is 0. The van der Waals surface area contributed by atoms with Crippen LogP contribution in [0.4, 0.5) is 0 Å². The molecule has 2 aliphatic rings. The molecular formula is C16H30N2O. The molecule has 0 aromatic rings. The first-order chi connectivity index (χ1) is 9.13. The van der Waals surface area contributed by atoms with Gasteiger partial charge >= 0.3 is 0 Å². The van der Waals surface area contributed by atoms with Gasteiger partial charge in [0.2, 0.25) is 5.91 Å². The van der Waals surface area contributed by atoms with Crippen LogP contribution in [0.1, 0.15) is 46.5 Å². The Morgan fingerprint density at radius 3 is 2.63 bits per heavy atom. The van der Waals surface area contributed by atoms with Crippen LogP contribution in [0, 0.1) is 17.8 Å². The molecule has 0 radical (unpaired) electrons. The molecule has 19 heavy (non-hydrogen) atoms. The summed E-state index contributed by atoms with van der Waals surface area (Å²) in [7, 11) is 0. The number of carbonyl (C=O) groups excluding carboxylic acids is 1. The van der Waals surface area contributed by atoms with E-state index >= 15 is 0 Å². The predicted octanol–water partition coefficient (Wildman–Crippen LogP) is 2.61. The fourth-order valence-corrected chi connectivity index (χ4v) is 3.49. The van der Waals surface area contributed by atoms with Gasteiger partial charge in [-0.2, -0.15) is 0 Å². The van der Waals surface area contributed by atoms with Crippen LogP contribution in [0.2, 0.25) is 0 Å². The number of rotatable bonds is 5. The van der Waals surface area contributed by atoms with Gasteiger partial charge in [-0.3, -0.25) is 9.69 Å². The Morgan fingerprint density at radius 2 is 2.00 bits per heavy atom. The van der Waals surface area contributed by atoms with Crippen LogP contribution >= 0.6 is 0 Å². The summed E-state index contributed by atoms with van der Waals surface area (Å²) in [5.41, 5.74) is 0. The largest absolute Gasteiger partial charge is 0.341 e. The minimum absolute atomic E-state index is 0.363. The van der Waals surface area contributed by atoms with Crippen LogP contribution in [-0.4, -0.2) is 48.4 Å².